The second kappa shape index (κ2) is 7.31. The number of piperidine rings is 1. The van der Waals surface area contributed by atoms with Crippen LogP contribution in [0, 0.1) is 5.92 Å². The van der Waals surface area contributed by atoms with E-state index in [0.717, 1.165) is 38.2 Å². The lowest BCUT2D eigenvalue weighted by Crippen LogP contribution is -2.35. The van der Waals surface area contributed by atoms with Gasteiger partial charge in [0.25, 0.3) is 5.91 Å². The molecule has 3 N–H and O–H groups in total. The highest BCUT2D eigenvalue weighted by molar-refractivity contribution is 5.96. The van der Waals surface area contributed by atoms with E-state index in [1.807, 2.05) is 19.1 Å². The molecule has 21 heavy (non-hydrogen) atoms. The van der Waals surface area contributed by atoms with Crippen LogP contribution in [0.4, 0.5) is 11.4 Å². The minimum Gasteiger partial charge on any atom is -0.397 e. The average molecular weight is 291 g/mol. The molecule has 0 spiro atoms. The van der Waals surface area contributed by atoms with Crippen LogP contribution < -0.4 is 16.0 Å². The Balaban J connectivity index is 2.03. The lowest BCUT2D eigenvalue weighted by molar-refractivity contribution is 0.0956. The summed E-state index contributed by atoms with van der Waals surface area (Å²) in [4.78, 5) is 14.1. The summed E-state index contributed by atoms with van der Waals surface area (Å²) in [5, 5.41) is 2.79. The monoisotopic (exact) mass is 291 g/mol. The molecule has 5 heteroatoms. The van der Waals surface area contributed by atoms with Crippen LogP contribution in [0.25, 0.3) is 0 Å². The van der Waals surface area contributed by atoms with Crippen LogP contribution in [-0.4, -0.2) is 39.3 Å². The number of ether oxygens (including phenoxy) is 1. The SMILES string of the molecule is CCNC(=O)c1ccc(N2CCC(COC)CC2)c(N)c1. The lowest BCUT2D eigenvalue weighted by Gasteiger charge is -2.34. The molecular formula is C16H25N3O2. The van der Waals surface area contributed by atoms with Crippen LogP contribution >= 0.6 is 0 Å². The van der Waals surface area contributed by atoms with Gasteiger partial charge in [-0.25, -0.2) is 0 Å². The first-order valence-electron chi connectivity index (χ1n) is 7.57. The average Bonchev–Trinajstić information content (AvgIpc) is 2.49. The maximum atomic E-state index is 11.8. The topological polar surface area (TPSA) is 67.6 Å². The summed E-state index contributed by atoms with van der Waals surface area (Å²) >= 11 is 0. The number of rotatable bonds is 5. The van der Waals surface area contributed by atoms with E-state index in [2.05, 4.69) is 10.2 Å². The first-order chi connectivity index (χ1) is 10.2. The van der Waals surface area contributed by atoms with E-state index in [-0.39, 0.29) is 5.91 Å². The Morgan fingerprint density at radius 1 is 1.43 bits per heavy atom. The lowest BCUT2D eigenvalue weighted by atomic mass is 9.97. The van der Waals surface area contributed by atoms with Crippen LogP contribution in [0.5, 0.6) is 0 Å². The fraction of sp³-hybridized carbons (Fsp3) is 0.562. The summed E-state index contributed by atoms with van der Waals surface area (Å²) in [7, 11) is 1.75. The van der Waals surface area contributed by atoms with Crippen molar-refractivity contribution in [3.63, 3.8) is 0 Å². The molecule has 0 atom stereocenters. The van der Waals surface area contributed by atoms with Gasteiger partial charge < -0.3 is 20.7 Å². The van der Waals surface area contributed by atoms with Crippen molar-refractivity contribution in [2.45, 2.75) is 19.8 Å². The van der Waals surface area contributed by atoms with Crippen LogP contribution in [0.1, 0.15) is 30.1 Å². The van der Waals surface area contributed by atoms with E-state index in [9.17, 15) is 4.79 Å². The molecule has 1 aromatic carbocycles. The van der Waals surface area contributed by atoms with Gasteiger partial charge in [-0.3, -0.25) is 4.79 Å². The predicted octanol–water partition coefficient (Wildman–Crippen LogP) is 1.88. The zero-order chi connectivity index (χ0) is 15.2. The quantitative estimate of drug-likeness (QED) is 0.813. The molecule has 0 saturated carbocycles. The van der Waals surface area contributed by atoms with Crippen LogP contribution in [0.15, 0.2) is 18.2 Å². The summed E-state index contributed by atoms with van der Waals surface area (Å²) in [5.41, 5.74) is 8.45. The van der Waals surface area contributed by atoms with Gasteiger partial charge in [0, 0.05) is 38.9 Å². The second-order valence-corrected chi connectivity index (χ2v) is 5.52. The van der Waals surface area contributed by atoms with E-state index in [1.165, 1.54) is 0 Å². The fourth-order valence-electron chi connectivity index (χ4n) is 2.82. The summed E-state index contributed by atoms with van der Waals surface area (Å²) in [6.45, 7) is 5.32. The van der Waals surface area contributed by atoms with Gasteiger partial charge in [-0.05, 0) is 43.9 Å². The van der Waals surface area contributed by atoms with E-state index in [4.69, 9.17) is 10.5 Å². The molecule has 0 aliphatic carbocycles. The number of benzene rings is 1. The van der Waals surface area contributed by atoms with Gasteiger partial charge >= 0.3 is 0 Å². The molecule has 1 fully saturated rings. The van der Waals surface area contributed by atoms with Gasteiger partial charge in [0.2, 0.25) is 0 Å². The molecule has 1 aliphatic heterocycles. The van der Waals surface area contributed by atoms with Gasteiger partial charge in [-0.15, -0.1) is 0 Å². The number of amides is 1. The summed E-state index contributed by atoms with van der Waals surface area (Å²) in [5.74, 6) is 0.566. The molecule has 0 unspecified atom stereocenters. The first kappa shape index (κ1) is 15.6. The van der Waals surface area contributed by atoms with Crippen molar-refractivity contribution in [2.75, 3.05) is 44.0 Å². The highest BCUT2D eigenvalue weighted by Crippen LogP contribution is 2.29. The number of nitrogens with one attached hydrogen (secondary N) is 1. The van der Waals surface area contributed by atoms with Crippen molar-refractivity contribution in [3.8, 4) is 0 Å². The Bertz CT molecular complexity index is 482. The van der Waals surface area contributed by atoms with Gasteiger partial charge in [0.1, 0.15) is 0 Å². The van der Waals surface area contributed by atoms with Gasteiger partial charge in [0.05, 0.1) is 11.4 Å². The fourth-order valence-corrected chi connectivity index (χ4v) is 2.82. The molecular weight excluding hydrogens is 266 g/mol. The zero-order valence-electron chi connectivity index (χ0n) is 12.9. The van der Waals surface area contributed by atoms with E-state index < -0.39 is 0 Å². The summed E-state index contributed by atoms with van der Waals surface area (Å²) in [6, 6.07) is 5.57. The van der Waals surface area contributed by atoms with Gasteiger partial charge in [0.15, 0.2) is 0 Å². The maximum Gasteiger partial charge on any atom is 0.251 e. The minimum atomic E-state index is -0.0745. The van der Waals surface area contributed by atoms with Crippen LogP contribution in [-0.2, 0) is 4.74 Å². The number of carbonyl (C=O) groups is 1. The number of nitrogen functional groups attached to an aromatic ring is 1. The third-order valence-electron chi connectivity index (χ3n) is 3.98. The van der Waals surface area contributed by atoms with Crippen LogP contribution in [0.3, 0.4) is 0 Å². The third kappa shape index (κ3) is 3.88. The van der Waals surface area contributed by atoms with E-state index >= 15 is 0 Å². The van der Waals surface area contributed by atoms with E-state index in [1.54, 1.807) is 13.2 Å². The van der Waals surface area contributed by atoms with Crippen molar-refractivity contribution in [1.29, 1.82) is 0 Å². The molecule has 0 radical (unpaired) electrons. The molecule has 1 saturated heterocycles. The summed E-state index contributed by atoms with van der Waals surface area (Å²) in [6.07, 6.45) is 2.23. The van der Waals surface area contributed by atoms with Gasteiger partial charge in [-0.2, -0.15) is 0 Å². The van der Waals surface area contributed by atoms with Crippen LogP contribution in [0.2, 0.25) is 0 Å². The van der Waals surface area contributed by atoms with Gasteiger partial charge in [-0.1, -0.05) is 0 Å². The first-order valence-corrected chi connectivity index (χ1v) is 7.57. The van der Waals surface area contributed by atoms with Crippen molar-refractivity contribution in [2.24, 2.45) is 5.92 Å². The molecule has 1 aromatic rings. The van der Waals surface area contributed by atoms with Crippen molar-refractivity contribution in [1.82, 2.24) is 5.32 Å². The normalized spacial score (nSPS) is 16.0. The largest absolute Gasteiger partial charge is 0.397 e. The van der Waals surface area contributed by atoms with Crippen molar-refractivity contribution in [3.05, 3.63) is 23.8 Å². The number of nitrogens with zero attached hydrogens (tertiary/aromatic N) is 1. The Morgan fingerprint density at radius 3 is 2.71 bits per heavy atom. The molecule has 1 heterocycles. The maximum absolute atomic E-state index is 11.8. The third-order valence-corrected chi connectivity index (χ3v) is 3.98. The number of hydrogen-bond donors (Lipinski definition) is 2. The number of nitrogens with two attached hydrogens (primary N) is 1. The molecule has 1 amide bonds. The predicted molar refractivity (Wildman–Crippen MR) is 85.7 cm³/mol. The molecule has 1 aliphatic rings. The molecule has 0 bridgehead atoms. The Labute approximate surface area is 126 Å². The Morgan fingerprint density at radius 2 is 2.14 bits per heavy atom. The second-order valence-electron chi connectivity index (χ2n) is 5.52. The Hall–Kier alpha value is -1.75. The molecule has 2 rings (SSSR count). The Kier molecular flexibility index (Phi) is 5.44. The number of carbonyl (C=O) groups excluding carboxylic acids is 1. The highest BCUT2D eigenvalue weighted by Gasteiger charge is 2.21. The highest BCUT2D eigenvalue weighted by atomic mass is 16.5. The zero-order valence-corrected chi connectivity index (χ0v) is 12.9. The molecule has 5 nitrogen and oxygen atoms in total. The number of hydrogen-bond acceptors (Lipinski definition) is 4. The number of methoxy groups -OCH3 is 1. The number of anilines is 2. The standard InChI is InChI=1S/C16H25N3O2/c1-3-18-16(20)13-4-5-15(14(17)10-13)19-8-6-12(7-9-19)11-21-2/h4-5,10,12H,3,6-9,11,17H2,1-2H3,(H,18,20). The summed E-state index contributed by atoms with van der Waals surface area (Å²) < 4.78 is 5.22. The molecule has 0 aromatic heterocycles. The molecule has 116 valence electrons. The van der Waals surface area contributed by atoms with E-state index in [0.29, 0.717) is 23.7 Å². The minimum absolute atomic E-state index is 0.0745. The van der Waals surface area contributed by atoms with Crippen molar-refractivity contribution < 1.29 is 9.53 Å². The van der Waals surface area contributed by atoms with Crippen molar-refractivity contribution >= 4 is 17.3 Å². The smallest absolute Gasteiger partial charge is 0.251 e.